The molecule has 0 spiro atoms. The second kappa shape index (κ2) is 6.33. The fourth-order valence-electron chi connectivity index (χ4n) is 3.16. The maximum Gasteiger partial charge on any atom is 0.335 e. The van der Waals surface area contributed by atoms with Crippen LogP contribution in [0, 0.1) is 6.92 Å². The van der Waals surface area contributed by atoms with Gasteiger partial charge < -0.3 is 16.6 Å². The zero-order valence-corrected chi connectivity index (χ0v) is 13.9. The minimum absolute atomic E-state index is 0.128. The Kier molecular flexibility index (Phi) is 4.18. The van der Waals surface area contributed by atoms with Crippen molar-refractivity contribution < 1.29 is 19.5 Å². The van der Waals surface area contributed by atoms with Gasteiger partial charge in [0, 0.05) is 5.56 Å². The molecule has 130 valence electrons. The molecule has 2 amide bonds. The third-order valence-electron chi connectivity index (χ3n) is 4.32. The Morgan fingerprint density at radius 3 is 2.04 bits per heavy atom. The van der Waals surface area contributed by atoms with E-state index >= 15 is 0 Å². The second-order valence-corrected chi connectivity index (χ2v) is 5.96. The van der Waals surface area contributed by atoms with Gasteiger partial charge >= 0.3 is 5.97 Å². The van der Waals surface area contributed by atoms with E-state index in [1.807, 2.05) is 0 Å². The van der Waals surface area contributed by atoms with Gasteiger partial charge in [0.1, 0.15) is 0 Å². The summed E-state index contributed by atoms with van der Waals surface area (Å²) in [6.45, 7) is 1.73. The summed E-state index contributed by atoms with van der Waals surface area (Å²) in [5.74, 6) is -2.32. The summed E-state index contributed by atoms with van der Waals surface area (Å²) in [5, 5.41) is 10.2. The summed E-state index contributed by atoms with van der Waals surface area (Å²) >= 11 is 0. The third kappa shape index (κ3) is 2.77. The number of benzene rings is 3. The van der Waals surface area contributed by atoms with Gasteiger partial charge in [0.15, 0.2) is 0 Å². The van der Waals surface area contributed by atoms with Crippen LogP contribution in [0.2, 0.25) is 0 Å². The van der Waals surface area contributed by atoms with Crippen LogP contribution in [0.4, 0.5) is 0 Å². The number of carboxylic acids is 1. The minimum Gasteiger partial charge on any atom is -0.478 e. The van der Waals surface area contributed by atoms with Gasteiger partial charge in [-0.3, -0.25) is 9.59 Å². The van der Waals surface area contributed by atoms with Crippen molar-refractivity contribution in [3.63, 3.8) is 0 Å². The number of carbonyl (C=O) groups excluding carboxylic acids is 2. The minimum atomic E-state index is -1.05. The van der Waals surface area contributed by atoms with Gasteiger partial charge in [0.05, 0.1) is 11.1 Å². The van der Waals surface area contributed by atoms with Crippen LogP contribution in [0.3, 0.4) is 0 Å². The van der Waals surface area contributed by atoms with Crippen LogP contribution in [-0.4, -0.2) is 22.9 Å². The maximum atomic E-state index is 12.2. The molecule has 5 N–H and O–H groups in total. The lowest BCUT2D eigenvalue weighted by atomic mass is 9.88. The van der Waals surface area contributed by atoms with Gasteiger partial charge in [-0.1, -0.05) is 30.3 Å². The highest BCUT2D eigenvalue weighted by molar-refractivity contribution is 6.17. The first kappa shape index (κ1) is 17.2. The fourth-order valence-corrected chi connectivity index (χ4v) is 3.16. The molecular formula is C20H16N2O4. The van der Waals surface area contributed by atoms with Crippen LogP contribution in [0.25, 0.3) is 21.9 Å². The van der Waals surface area contributed by atoms with Crippen LogP contribution < -0.4 is 11.5 Å². The van der Waals surface area contributed by atoms with Crippen LogP contribution in [0.15, 0.2) is 48.5 Å². The first-order chi connectivity index (χ1) is 12.3. The summed E-state index contributed by atoms with van der Waals surface area (Å²) in [5.41, 5.74) is 13.5. The number of rotatable bonds is 4. The highest BCUT2D eigenvalue weighted by atomic mass is 16.4. The summed E-state index contributed by atoms with van der Waals surface area (Å²) < 4.78 is 0. The molecule has 0 aromatic heterocycles. The van der Waals surface area contributed by atoms with E-state index in [0.717, 1.165) is 0 Å². The van der Waals surface area contributed by atoms with Crippen LogP contribution in [0.1, 0.15) is 36.6 Å². The monoisotopic (exact) mass is 348 g/mol. The van der Waals surface area contributed by atoms with Crippen LogP contribution >= 0.6 is 0 Å². The molecule has 0 aliphatic rings. The molecule has 0 unspecified atom stereocenters. The molecule has 0 aliphatic heterocycles. The molecular weight excluding hydrogens is 332 g/mol. The number of hydrogen-bond donors (Lipinski definition) is 3. The highest BCUT2D eigenvalue weighted by Gasteiger charge is 2.20. The second-order valence-electron chi connectivity index (χ2n) is 5.96. The number of primary amides is 2. The Morgan fingerprint density at radius 2 is 1.50 bits per heavy atom. The lowest BCUT2D eigenvalue weighted by Crippen LogP contribution is -2.17. The Bertz CT molecular complexity index is 1090. The van der Waals surface area contributed by atoms with Crippen LogP contribution in [-0.2, 0) is 0 Å². The van der Waals surface area contributed by atoms with Gasteiger partial charge in [0.2, 0.25) is 11.8 Å². The maximum absolute atomic E-state index is 12.2. The predicted octanol–water partition coefficient (Wildman–Crippen LogP) is 2.71. The molecule has 0 atom stereocenters. The van der Waals surface area contributed by atoms with E-state index < -0.39 is 17.8 Å². The van der Waals surface area contributed by atoms with Gasteiger partial charge in [-0.2, -0.15) is 0 Å². The van der Waals surface area contributed by atoms with E-state index in [0.29, 0.717) is 27.5 Å². The number of carbonyl (C=O) groups is 3. The molecule has 3 rings (SSSR count). The molecule has 0 radical (unpaired) electrons. The summed E-state index contributed by atoms with van der Waals surface area (Å²) in [7, 11) is 0. The smallest absolute Gasteiger partial charge is 0.335 e. The SMILES string of the molecule is Cc1cc(C(=O)O)ccc1-c1cc(C(N)=O)c2ccccc2c1C(N)=O. The van der Waals surface area contributed by atoms with Gasteiger partial charge in [-0.15, -0.1) is 0 Å². The lowest BCUT2D eigenvalue weighted by molar-refractivity contribution is 0.0696. The molecule has 3 aromatic rings. The van der Waals surface area contributed by atoms with Gasteiger partial charge in [-0.25, -0.2) is 4.79 Å². The number of amides is 2. The third-order valence-corrected chi connectivity index (χ3v) is 4.32. The Morgan fingerprint density at radius 1 is 0.846 bits per heavy atom. The molecule has 0 heterocycles. The normalized spacial score (nSPS) is 10.7. The van der Waals surface area contributed by atoms with Crippen molar-refractivity contribution in [1.29, 1.82) is 0 Å². The Balaban J connectivity index is 2.43. The van der Waals surface area contributed by atoms with Gasteiger partial charge in [-0.05, 0) is 52.6 Å². The van der Waals surface area contributed by atoms with Crippen molar-refractivity contribution in [2.24, 2.45) is 11.5 Å². The van der Waals surface area contributed by atoms with E-state index in [1.54, 1.807) is 37.3 Å². The molecule has 3 aromatic carbocycles. The average molecular weight is 348 g/mol. The quantitative estimate of drug-likeness (QED) is 0.670. The average Bonchev–Trinajstić information content (AvgIpc) is 2.59. The number of fused-ring (bicyclic) bond motifs is 1. The number of nitrogens with two attached hydrogens (primary N) is 2. The van der Waals surface area contributed by atoms with E-state index in [1.165, 1.54) is 18.2 Å². The number of carboxylic acid groups (broad SMARTS) is 1. The molecule has 6 nitrogen and oxygen atoms in total. The fraction of sp³-hybridized carbons (Fsp3) is 0.0500. The summed E-state index contributed by atoms with van der Waals surface area (Å²) in [6, 6.07) is 13.0. The van der Waals surface area contributed by atoms with E-state index in [9.17, 15) is 14.4 Å². The molecule has 0 aliphatic carbocycles. The van der Waals surface area contributed by atoms with E-state index in [2.05, 4.69) is 0 Å². The predicted molar refractivity (Wildman–Crippen MR) is 98.1 cm³/mol. The summed E-state index contributed by atoms with van der Waals surface area (Å²) in [6.07, 6.45) is 0. The molecule has 0 saturated carbocycles. The van der Waals surface area contributed by atoms with Crippen molar-refractivity contribution >= 4 is 28.6 Å². The zero-order valence-electron chi connectivity index (χ0n) is 13.9. The first-order valence-electron chi connectivity index (χ1n) is 7.81. The van der Waals surface area contributed by atoms with Gasteiger partial charge in [0.25, 0.3) is 0 Å². The zero-order chi connectivity index (χ0) is 19.0. The van der Waals surface area contributed by atoms with E-state index in [4.69, 9.17) is 16.6 Å². The number of aromatic carboxylic acids is 1. The molecule has 0 saturated heterocycles. The molecule has 6 heteroatoms. The molecule has 26 heavy (non-hydrogen) atoms. The van der Waals surface area contributed by atoms with Crippen molar-refractivity contribution in [3.05, 3.63) is 70.8 Å². The highest BCUT2D eigenvalue weighted by Crippen LogP contribution is 2.34. The number of aryl methyl sites for hydroxylation is 1. The summed E-state index contributed by atoms with van der Waals surface area (Å²) in [4.78, 5) is 35.3. The number of hydrogen-bond acceptors (Lipinski definition) is 3. The Labute approximate surface area is 149 Å². The van der Waals surface area contributed by atoms with Crippen molar-refractivity contribution in [2.75, 3.05) is 0 Å². The lowest BCUT2D eigenvalue weighted by Gasteiger charge is -2.16. The van der Waals surface area contributed by atoms with Crippen molar-refractivity contribution in [3.8, 4) is 11.1 Å². The molecule has 0 bridgehead atoms. The largest absolute Gasteiger partial charge is 0.478 e. The standard InChI is InChI=1S/C20H16N2O4/c1-10-8-11(20(25)26)6-7-12(10)15-9-16(18(21)23)13-4-2-3-5-14(13)17(15)19(22)24/h2-9H,1H3,(H2,21,23)(H2,22,24)(H,25,26). The van der Waals surface area contributed by atoms with E-state index in [-0.39, 0.29) is 16.7 Å². The van der Waals surface area contributed by atoms with Crippen molar-refractivity contribution in [1.82, 2.24) is 0 Å². The first-order valence-corrected chi connectivity index (χ1v) is 7.81. The Hall–Kier alpha value is -3.67. The van der Waals surface area contributed by atoms with Crippen molar-refractivity contribution in [2.45, 2.75) is 6.92 Å². The molecule has 0 fully saturated rings. The topological polar surface area (TPSA) is 123 Å². The van der Waals surface area contributed by atoms with Crippen LogP contribution in [0.5, 0.6) is 0 Å².